The summed E-state index contributed by atoms with van der Waals surface area (Å²) >= 11 is 0. The summed E-state index contributed by atoms with van der Waals surface area (Å²) in [6.07, 6.45) is 0. The third-order valence-corrected chi connectivity index (χ3v) is 1.15. The molecule has 56 valence electrons. The Morgan fingerprint density at radius 2 is 1.80 bits per heavy atom. The molecule has 5 N–H and O–H groups in total. The summed E-state index contributed by atoms with van der Waals surface area (Å²) in [6.45, 7) is 0.737. The zero-order chi connectivity index (χ0) is 6.53. The van der Waals surface area contributed by atoms with Gasteiger partial charge in [-0.15, -0.1) is 0 Å². The van der Waals surface area contributed by atoms with Crippen LogP contribution < -0.4 is 11.3 Å². The third kappa shape index (κ3) is 2.59. The zero-order valence-corrected chi connectivity index (χ0v) is 5.67. The van der Waals surface area contributed by atoms with Gasteiger partial charge in [-0.3, -0.25) is 11.3 Å². The van der Waals surface area contributed by atoms with Crippen molar-refractivity contribution in [2.45, 2.75) is 6.54 Å². The first kappa shape index (κ1) is 9.10. The second kappa shape index (κ2) is 4.93. The summed E-state index contributed by atoms with van der Waals surface area (Å²) in [5.41, 5.74) is 3.79. The van der Waals surface area contributed by atoms with E-state index in [1.54, 1.807) is 0 Å². The Balaban J connectivity index is 0.000000810. The highest BCUT2D eigenvalue weighted by atomic mass is 16.0. The minimum Gasteiger partial charge on any atom is -0.412 e. The first-order valence-corrected chi connectivity index (χ1v) is 2.91. The van der Waals surface area contributed by atoms with Crippen LogP contribution in [0.2, 0.25) is 0 Å². The summed E-state index contributed by atoms with van der Waals surface area (Å²) in [7, 11) is 0. The van der Waals surface area contributed by atoms with Gasteiger partial charge in [0.15, 0.2) is 0 Å². The second-order valence-electron chi connectivity index (χ2n) is 1.87. The van der Waals surface area contributed by atoms with Gasteiger partial charge in [-0.1, -0.05) is 30.3 Å². The molecule has 3 nitrogen and oxygen atoms in total. The fourth-order valence-corrected chi connectivity index (χ4v) is 0.714. The van der Waals surface area contributed by atoms with Crippen molar-refractivity contribution in [3.8, 4) is 0 Å². The maximum atomic E-state index is 5.11. The molecular formula is C7H12N2O. The first-order valence-electron chi connectivity index (χ1n) is 2.91. The first-order chi connectivity index (χ1) is 4.43. The maximum absolute atomic E-state index is 5.11. The molecule has 0 heterocycles. The van der Waals surface area contributed by atoms with E-state index in [0.717, 1.165) is 6.54 Å². The van der Waals surface area contributed by atoms with Crippen LogP contribution in [0.25, 0.3) is 0 Å². The van der Waals surface area contributed by atoms with E-state index in [1.807, 2.05) is 30.3 Å². The average Bonchev–Trinajstić information content (AvgIpc) is 1.91. The molecule has 10 heavy (non-hydrogen) atoms. The number of hydrogen-bond acceptors (Lipinski definition) is 2. The van der Waals surface area contributed by atoms with Crippen LogP contribution in [-0.4, -0.2) is 5.48 Å². The lowest BCUT2D eigenvalue weighted by molar-refractivity contribution is 0.741. The van der Waals surface area contributed by atoms with Gasteiger partial charge in [0.05, 0.1) is 0 Å². The lowest BCUT2D eigenvalue weighted by Crippen LogP contribution is -2.20. The largest absolute Gasteiger partial charge is 0.412 e. The Labute approximate surface area is 60.1 Å². The highest BCUT2D eigenvalue weighted by Gasteiger charge is 1.83. The lowest BCUT2D eigenvalue weighted by Gasteiger charge is -1.95. The summed E-state index contributed by atoms with van der Waals surface area (Å²) in [5.74, 6) is 5.11. The monoisotopic (exact) mass is 140 g/mol. The molecule has 0 aliphatic carbocycles. The van der Waals surface area contributed by atoms with Crippen molar-refractivity contribution in [2.24, 2.45) is 5.84 Å². The van der Waals surface area contributed by atoms with E-state index in [1.165, 1.54) is 5.56 Å². The van der Waals surface area contributed by atoms with Crippen molar-refractivity contribution in [2.75, 3.05) is 0 Å². The van der Waals surface area contributed by atoms with Gasteiger partial charge in [-0.05, 0) is 5.56 Å². The number of benzene rings is 1. The molecule has 0 aliphatic heterocycles. The van der Waals surface area contributed by atoms with Gasteiger partial charge in [0.2, 0.25) is 0 Å². The molecular weight excluding hydrogens is 128 g/mol. The van der Waals surface area contributed by atoms with E-state index < -0.39 is 0 Å². The van der Waals surface area contributed by atoms with Crippen LogP contribution >= 0.6 is 0 Å². The van der Waals surface area contributed by atoms with Gasteiger partial charge in [-0.25, -0.2) is 0 Å². The predicted molar refractivity (Wildman–Crippen MR) is 41.1 cm³/mol. The van der Waals surface area contributed by atoms with E-state index in [-0.39, 0.29) is 5.48 Å². The molecule has 0 amide bonds. The van der Waals surface area contributed by atoms with Gasteiger partial charge in [-0.2, -0.15) is 0 Å². The summed E-state index contributed by atoms with van der Waals surface area (Å²) in [6, 6.07) is 10.0. The molecule has 0 aromatic heterocycles. The van der Waals surface area contributed by atoms with E-state index in [0.29, 0.717) is 0 Å². The number of hydrazine groups is 1. The molecule has 0 radical (unpaired) electrons. The van der Waals surface area contributed by atoms with Crippen molar-refractivity contribution in [1.82, 2.24) is 5.43 Å². The highest BCUT2D eigenvalue weighted by molar-refractivity contribution is 5.13. The molecule has 0 atom stereocenters. The van der Waals surface area contributed by atoms with Gasteiger partial charge in [0, 0.05) is 6.54 Å². The Bertz CT molecular complexity index is 165. The number of hydrogen-bond donors (Lipinski definition) is 2. The molecule has 0 saturated carbocycles. The Kier molecular flexibility index (Phi) is 4.49. The van der Waals surface area contributed by atoms with Gasteiger partial charge >= 0.3 is 0 Å². The van der Waals surface area contributed by atoms with Crippen LogP contribution in [0.1, 0.15) is 5.56 Å². The molecule has 1 aromatic rings. The van der Waals surface area contributed by atoms with Crippen LogP contribution in [0, 0.1) is 0 Å². The quantitative estimate of drug-likeness (QED) is 0.442. The number of nitrogens with one attached hydrogen (secondary N) is 1. The number of rotatable bonds is 2. The Hall–Kier alpha value is -0.900. The molecule has 0 fully saturated rings. The molecule has 0 bridgehead atoms. The summed E-state index contributed by atoms with van der Waals surface area (Å²) < 4.78 is 0. The van der Waals surface area contributed by atoms with Crippen molar-refractivity contribution in [1.29, 1.82) is 0 Å². The number of nitrogens with two attached hydrogens (primary N) is 1. The molecule has 0 spiro atoms. The van der Waals surface area contributed by atoms with Crippen LogP contribution in [-0.2, 0) is 6.54 Å². The predicted octanol–water partition coefficient (Wildman–Crippen LogP) is -0.175. The van der Waals surface area contributed by atoms with Crippen LogP contribution in [0.15, 0.2) is 30.3 Å². The fraction of sp³-hybridized carbons (Fsp3) is 0.143. The van der Waals surface area contributed by atoms with Crippen LogP contribution in [0.4, 0.5) is 0 Å². The molecule has 1 aromatic carbocycles. The van der Waals surface area contributed by atoms with Crippen molar-refractivity contribution >= 4 is 0 Å². The molecule has 0 saturated heterocycles. The zero-order valence-electron chi connectivity index (χ0n) is 5.67. The maximum Gasteiger partial charge on any atom is 0.0348 e. The minimum absolute atomic E-state index is 0. The van der Waals surface area contributed by atoms with E-state index in [4.69, 9.17) is 5.84 Å². The van der Waals surface area contributed by atoms with Gasteiger partial charge in [0.1, 0.15) is 0 Å². The minimum atomic E-state index is 0. The second-order valence-corrected chi connectivity index (χ2v) is 1.87. The van der Waals surface area contributed by atoms with E-state index >= 15 is 0 Å². The lowest BCUT2D eigenvalue weighted by atomic mass is 10.2. The average molecular weight is 140 g/mol. The van der Waals surface area contributed by atoms with Crippen molar-refractivity contribution in [3.63, 3.8) is 0 Å². The van der Waals surface area contributed by atoms with Crippen molar-refractivity contribution in [3.05, 3.63) is 35.9 Å². The fourth-order valence-electron chi connectivity index (χ4n) is 0.714. The molecule has 0 unspecified atom stereocenters. The van der Waals surface area contributed by atoms with Crippen LogP contribution in [0.5, 0.6) is 0 Å². The third-order valence-electron chi connectivity index (χ3n) is 1.15. The van der Waals surface area contributed by atoms with Crippen LogP contribution in [0.3, 0.4) is 0 Å². The summed E-state index contributed by atoms with van der Waals surface area (Å²) in [5, 5.41) is 0. The van der Waals surface area contributed by atoms with Gasteiger partial charge in [0.25, 0.3) is 0 Å². The smallest absolute Gasteiger partial charge is 0.0348 e. The normalized spacial score (nSPS) is 8.50. The van der Waals surface area contributed by atoms with E-state index in [2.05, 4.69) is 5.43 Å². The molecule has 0 aliphatic rings. The Morgan fingerprint density at radius 3 is 2.30 bits per heavy atom. The van der Waals surface area contributed by atoms with E-state index in [9.17, 15) is 0 Å². The topological polar surface area (TPSA) is 69.5 Å². The molecule has 3 heteroatoms. The summed E-state index contributed by atoms with van der Waals surface area (Å²) in [4.78, 5) is 0. The SMILES string of the molecule is NNCc1ccccc1.O. The van der Waals surface area contributed by atoms with Crippen molar-refractivity contribution < 1.29 is 5.48 Å². The Morgan fingerprint density at radius 1 is 1.20 bits per heavy atom. The standard InChI is InChI=1S/C7H10N2.H2O/c8-9-6-7-4-2-1-3-5-7;/h1-5,9H,6,8H2;1H2. The highest BCUT2D eigenvalue weighted by Crippen LogP contribution is 1.95. The van der Waals surface area contributed by atoms with Gasteiger partial charge < -0.3 is 5.48 Å². The molecule has 1 rings (SSSR count).